The van der Waals surface area contributed by atoms with Gasteiger partial charge in [0.05, 0.1) is 16.6 Å². The molecule has 0 radical (unpaired) electrons. The molecule has 2 aromatic rings. The average Bonchev–Trinajstić information content (AvgIpc) is 2.88. The van der Waals surface area contributed by atoms with Crippen molar-refractivity contribution in [3.63, 3.8) is 0 Å². The molecular weight excluding hydrogens is 391 g/mol. The molecule has 2 aliphatic rings. The summed E-state index contributed by atoms with van der Waals surface area (Å²) in [5.74, 6) is 0.500. The Morgan fingerprint density at radius 3 is 2.46 bits per heavy atom. The van der Waals surface area contributed by atoms with E-state index in [0.717, 1.165) is 39.7 Å². The van der Waals surface area contributed by atoms with Crippen LogP contribution >= 0.6 is 23.2 Å². The van der Waals surface area contributed by atoms with Gasteiger partial charge in [0.25, 0.3) is 5.56 Å². The van der Waals surface area contributed by atoms with E-state index >= 15 is 0 Å². The average molecular weight is 413 g/mol. The summed E-state index contributed by atoms with van der Waals surface area (Å²) in [6.45, 7) is 10.6. The van der Waals surface area contributed by atoms with Gasteiger partial charge < -0.3 is 9.55 Å². The lowest BCUT2D eigenvalue weighted by molar-refractivity contribution is 0.426. The van der Waals surface area contributed by atoms with Crippen LogP contribution in [0, 0.1) is 5.92 Å². The summed E-state index contributed by atoms with van der Waals surface area (Å²) in [6, 6.07) is 11.4. The van der Waals surface area contributed by atoms with E-state index in [9.17, 15) is 4.79 Å². The molecule has 0 aromatic heterocycles. The Balaban J connectivity index is 2.04. The first-order valence-corrected chi connectivity index (χ1v) is 10.2. The number of hydrogen-bond donors (Lipinski definition) is 1. The number of pyridine rings is 1. The van der Waals surface area contributed by atoms with E-state index in [1.54, 1.807) is 6.07 Å². The minimum absolute atomic E-state index is 0.0425. The van der Waals surface area contributed by atoms with Gasteiger partial charge >= 0.3 is 0 Å². The number of rotatable bonds is 4. The van der Waals surface area contributed by atoms with Crippen LogP contribution in [-0.4, -0.2) is 9.55 Å². The van der Waals surface area contributed by atoms with Crippen molar-refractivity contribution in [3.8, 4) is 22.4 Å². The van der Waals surface area contributed by atoms with Gasteiger partial charge in [0.15, 0.2) is 0 Å². The quantitative estimate of drug-likeness (QED) is 0.429. The van der Waals surface area contributed by atoms with E-state index in [0.29, 0.717) is 21.3 Å². The molecule has 0 fully saturated rings. The van der Waals surface area contributed by atoms with E-state index in [2.05, 4.69) is 32.3 Å². The molecule has 1 unspecified atom stereocenters. The molecule has 144 valence electrons. The highest BCUT2D eigenvalue weighted by Crippen LogP contribution is 2.40. The molecule has 1 atom stereocenters. The topological polar surface area (TPSA) is 37.8 Å². The molecular formula is C23H22Cl2N2O. The molecule has 2 aliphatic heterocycles. The second kappa shape index (κ2) is 6.98. The van der Waals surface area contributed by atoms with E-state index in [-0.39, 0.29) is 11.6 Å². The van der Waals surface area contributed by atoms with Gasteiger partial charge in [0.1, 0.15) is 0 Å². The lowest BCUT2D eigenvalue weighted by Gasteiger charge is -2.19. The summed E-state index contributed by atoms with van der Waals surface area (Å²) in [5, 5.41) is 2.63. The molecule has 0 spiro atoms. The third-order valence-electron chi connectivity index (χ3n) is 5.24. The zero-order valence-electron chi connectivity index (χ0n) is 16.1. The number of H-pyrrole nitrogens is 1. The Kier molecular flexibility index (Phi) is 4.76. The standard InChI is InChI=1S/C23H22Cl2N2O/c1-12(2)9-14(4)27-20-10-13(3)26-22-17(7-8-18(21(20)22)23(27)28)16-6-5-15(24)11-19(16)25/h5-8,10-12,14,26H,3,9H2,1-2,4H3. The van der Waals surface area contributed by atoms with Crippen molar-refractivity contribution in [2.24, 2.45) is 5.92 Å². The third-order valence-corrected chi connectivity index (χ3v) is 5.79. The van der Waals surface area contributed by atoms with Gasteiger partial charge in [0.2, 0.25) is 0 Å². The number of aromatic nitrogens is 2. The number of nitrogens with zero attached hydrogens (tertiary/aromatic N) is 1. The smallest absolute Gasteiger partial charge is 0.259 e. The van der Waals surface area contributed by atoms with Crippen LogP contribution in [0.4, 0.5) is 0 Å². The molecule has 2 heterocycles. The van der Waals surface area contributed by atoms with Gasteiger partial charge in [-0.05, 0) is 43.5 Å². The fourth-order valence-electron chi connectivity index (χ4n) is 4.20. The Labute approximate surface area is 173 Å². The lowest BCUT2D eigenvalue weighted by Crippen LogP contribution is -2.21. The molecule has 0 aliphatic carbocycles. The fraction of sp³-hybridized carbons (Fsp3) is 0.261. The molecule has 2 aromatic carbocycles. The summed E-state index contributed by atoms with van der Waals surface area (Å²) in [7, 11) is 0. The van der Waals surface area contributed by atoms with Crippen molar-refractivity contribution in [2.45, 2.75) is 33.2 Å². The molecule has 5 heteroatoms. The maximum atomic E-state index is 13.2. The van der Waals surface area contributed by atoms with Gasteiger partial charge in [-0.2, -0.15) is 0 Å². The highest BCUT2D eigenvalue weighted by molar-refractivity contribution is 6.36. The highest BCUT2D eigenvalue weighted by Gasteiger charge is 2.25. The van der Waals surface area contributed by atoms with Gasteiger partial charge in [0, 0.05) is 38.1 Å². The zero-order chi connectivity index (χ0) is 20.2. The van der Waals surface area contributed by atoms with Crippen LogP contribution in [0.2, 0.25) is 10.0 Å². The van der Waals surface area contributed by atoms with Crippen LogP contribution in [0.3, 0.4) is 0 Å². The van der Waals surface area contributed by atoms with Crippen LogP contribution in [0.1, 0.15) is 33.2 Å². The van der Waals surface area contributed by atoms with Gasteiger partial charge in [-0.25, -0.2) is 0 Å². The molecule has 4 rings (SSSR count). The molecule has 28 heavy (non-hydrogen) atoms. The molecule has 0 bridgehead atoms. The molecule has 0 saturated heterocycles. The van der Waals surface area contributed by atoms with Gasteiger partial charge in [-0.1, -0.05) is 55.8 Å². The number of halogens is 2. The second-order valence-corrected chi connectivity index (χ2v) is 8.71. The summed E-state index contributed by atoms with van der Waals surface area (Å²) in [5.41, 5.74) is 4.55. The van der Waals surface area contributed by atoms with E-state index < -0.39 is 0 Å². The summed E-state index contributed by atoms with van der Waals surface area (Å²) in [4.78, 5) is 16.6. The monoisotopic (exact) mass is 412 g/mol. The van der Waals surface area contributed by atoms with Crippen molar-refractivity contribution in [1.82, 2.24) is 9.55 Å². The highest BCUT2D eigenvalue weighted by atomic mass is 35.5. The number of aromatic amines is 1. The van der Waals surface area contributed by atoms with E-state index in [1.807, 2.05) is 34.9 Å². The first kappa shape index (κ1) is 19.1. The number of benzene rings is 2. The fourth-order valence-corrected chi connectivity index (χ4v) is 4.71. The summed E-state index contributed by atoms with van der Waals surface area (Å²) >= 11 is 12.5. The Morgan fingerprint density at radius 2 is 1.79 bits per heavy atom. The minimum Gasteiger partial charge on any atom is -0.355 e. The van der Waals surface area contributed by atoms with Gasteiger partial charge in [-0.15, -0.1) is 0 Å². The first-order valence-electron chi connectivity index (χ1n) is 9.42. The van der Waals surface area contributed by atoms with Crippen LogP contribution in [0.5, 0.6) is 0 Å². The second-order valence-electron chi connectivity index (χ2n) is 7.87. The maximum Gasteiger partial charge on any atom is 0.259 e. The lowest BCUT2D eigenvalue weighted by atomic mass is 9.97. The normalized spacial score (nSPS) is 13.1. The Morgan fingerprint density at radius 1 is 1.07 bits per heavy atom. The maximum absolute atomic E-state index is 13.2. The third kappa shape index (κ3) is 3.03. The summed E-state index contributed by atoms with van der Waals surface area (Å²) in [6.07, 6.45) is 0.933. The van der Waals surface area contributed by atoms with E-state index in [1.165, 1.54) is 0 Å². The molecule has 1 N–H and O–H groups in total. The van der Waals surface area contributed by atoms with Crippen molar-refractivity contribution in [2.75, 3.05) is 0 Å². The Bertz CT molecular complexity index is 1250. The predicted molar refractivity (Wildman–Crippen MR) is 120 cm³/mol. The van der Waals surface area contributed by atoms with Crippen LogP contribution in [0.25, 0.3) is 39.9 Å². The molecule has 3 nitrogen and oxygen atoms in total. The van der Waals surface area contributed by atoms with Crippen molar-refractivity contribution in [1.29, 1.82) is 0 Å². The first-order chi connectivity index (χ1) is 13.3. The zero-order valence-corrected chi connectivity index (χ0v) is 17.7. The molecule has 0 amide bonds. The van der Waals surface area contributed by atoms with Gasteiger partial charge in [-0.3, -0.25) is 4.79 Å². The van der Waals surface area contributed by atoms with Crippen LogP contribution < -0.4 is 10.9 Å². The number of hydrogen-bond acceptors (Lipinski definition) is 1. The van der Waals surface area contributed by atoms with Crippen LogP contribution in [-0.2, 0) is 0 Å². The van der Waals surface area contributed by atoms with Crippen molar-refractivity contribution in [3.05, 3.63) is 62.1 Å². The minimum atomic E-state index is 0.0425. The summed E-state index contributed by atoms with van der Waals surface area (Å²) < 4.78 is 1.91. The van der Waals surface area contributed by atoms with Crippen molar-refractivity contribution < 1.29 is 0 Å². The predicted octanol–water partition coefficient (Wildman–Crippen LogP) is 6.14. The van der Waals surface area contributed by atoms with E-state index in [4.69, 9.17) is 23.2 Å². The van der Waals surface area contributed by atoms with Crippen LogP contribution in [0.15, 0.2) is 41.2 Å². The van der Waals surface area contributed by atoms with Crippen molar-refractivity contribution >= 4 is 40.7 Å². The number of nitrogens with one attached hydrogen (secondary N) is 1. The molecule has 0 saturated carbocycles. The largest absolute Gasteiger partial charge is 0.355 e. The SMILES string of the molecule is C=c1cc2n(C(C)CC(C)C)c(=O)c3ccc(-c4ccc(Cl)cc4Cl)c([nH]1)c3-2. The Hall–Kier alpha value is -2.23.